The maximum Gasteiger partial charge on any atom is 0.411 e. The fraction of sp³-hybridized carbons (Fsp3) is 0.700. The molecule has 17 heavy (non-hydrogen) atoms. The van der Waals surface area contributed by atoms with Crippen LogP contribution in [-0.2, 0) is 17.9 Å². The summed E-state index contributed by atoms with van der Waals surface area (Å²) < 4.78 is 44.7. The van der Waals surface area contributed by atoms with Crippen LogP contribution in [0.2, 0.25) is 0 Å². The highest BCUT2D eigenvalue weighted by atomic mass is 19.4. The van der Waals surface area contributed by atoms with Crippen molar-refractivity contribution in [2.24, 2.45) is 0 Å². The Morgan fingerprint density at radius 3 is 2.88 bits per heavy atom. The van der Waals surface area contributed by atoms with Crippen LogP contribution in [0.15, 0.2) is 10.6 Å². The molecule has 96 valence electrons. The van der Waals surface area contributed by atoms with E-state index < -0.39 is 12.8 Å². The molecule has 1 aliphatic rings. The van der Waals surface area contributed by atoms with Crippen LogP contribution >= 0.6 is 0 Å². The topological polar surface area (TPSA) is 47.3 Å². The van der Waals surface area contributed by atoms with Gasteiger partial charge in [0.05, 0.1) is 5.69 Å². The number of alkyl halides is 3. The second kappa shape index (κ2) is 5.05. The number of hydrogen-bond donors (Lipinski definition) is 1. The summed E-state index contributed by atoms with van der Waals surface area (Å²) in [5.74, 6) is 0.307. The maximum absolute atomic E-state index is 11.8. The number of nitrogens with zero attached hydrogens (tertiary/aromatic N) is 1. The average Bonchev–Trinajstić information content (AvgIpc) is 2.95. The van der Waals surface area contributed by atoms with Gasteiger partial charge in [0, 0.05) is 18.7 Å². The molecule has 1 aromatic rings. The van der Waals surface area contributed by atoms with E-state index in [2.05, 4.69) is 15.2 Å². The van der Waals surface area contributed by atoms with E-state index >= 15 is 0 Å². The van der Waals surface area contributed by atoms with Crippen LogP contribution in [0.25, 0.3) is 0 Å². The summed E-state index contributed by atoms with van der Waals surface area (Å²) >= 11 is 0. The van der Waals surface area contributed by atoms with E-state index in [0.29, 0.717) is 24.0 Å². The van der Waals surface area contributed by atoms with Gasteiger partial charge in [-0.2, -0.15) is 13.2 Å². The molecule has 4 nitrogen and oxygen atoms in total. The minimum Gasteiger partial charge on any atom is -0.364 e. The summed E-state index contributed by atoms with van der Waals surface area (Å²) in [6, 6.07) is 2.16. The molecule has 1 saturated carbocycles. The van der Waals surface area contributed by atoms with Crippen molar-refractivity contribution in [2.75, 3.05) is 6.61 Å². The van der Waals surface area contributed by atoms with Crippen LogP contribution in [0.3, 0.4) is 0 Å². The summed E-state index contributed by atoms with van der Waals surface area (Å²) in [5.41, 5.74) is 0.683. The Hall–Kier alpha value is -1.08. The lowest BCUT2D eigenvalue weighted by molar-refractivity contribution is -0.177. The van der Waals surface area contributed by atoms with Gasteiger partial charge in [0.25, 0.3) is 0 Å². The van der Waals surface area contributed by atoms with Gasteiger partial charge in [-0.25, -0.2) is 0 Å². The van der Waals surface area contributed by atoms with Crippen molar-refractivity contribution in [1.29, 1.82) is 0 Å². The van der Waals surface area contributed by atoms with E-state index in [9.17, 15) is 13.2 Å². The molecule has 7 heteroatoms. The maximum atomic E-state index is 11.8. The molecule has 0 unspecified atom stereocenters. The summed E-state index contributed by atoms with van der Waals surface area (Å²) in [6.45, 7) is -0.910. The van der Waals surface area contributed by atoms with E-state index in [0.717, 1.165) is 0 Å². The van der Waals surface area contributed by atoms with Crippen LogP contribution in [0.4, 0.5) is 13.2 Å². The third kappa shape index (κ3) is 4.74. The zero-order valence-corrected chi connectivity index (χ0v) is 9.09. The third-order valence-electron chi connectivity index (χ3n) is 2.27. The first kappa shape index (κ1) is 12.4. The molecule has 0 bridgehead atoms. The van der Waals surface area contributed by atoms with Gasteiger partial charge < -0.3 is 14.6 Å². The molecule has 0 spiro atoms. The zero-order chi connectivity index (χ0) is 12.3. The quantitative estimate of drug-likeness (QED) is 0.839. The standard InChI is InChI=1S/C10H13F3N2O2/c11-10(12,13)6-16-5-9-3-8(15-17-9)4-14-7-1-2-7/h3,7,14H,1-2,4-6H2. The van der Waals surface area contributed by atoms with E-state index in [1.54, 1.807) is 6.07 Å². The molecule has 1 aromatic heterocycles. The summed E-state index contributed by atoms with van der Waals surface area (Å²) in [5, 5.41) is 6.96. The highest BCUT2D eigenvalue weighted by Gasteiger charge is 2.27. The first-order valence-corrected chi connectivity index (χ1v) is 5.35. The Morgan fingerprint density at radius 1 is 1.47 bits per heavy atom. The van der Waals surface area contributed by atoms with Crippen LogP contribution in [0.5, 0.6) is 0 Å². The molecule has 0 aliphatic heterocycles. The Labute approximate surface area is 96.1 Å². The first-order valence-electron chi connectivity index (χ1n) is 5.35. The van der Waals surface area contributed by atoms with Gasteiger partial charge in [0.2, 0.25) is 0 Å². The van der Waals surface area contributed by atoms with Gasteiger partial charge >= 0.3 is 6.18 Å². The lowest BCUT2D eigenvalue weighted by Crippen LogP contribution is -2.16. The molecule has 0 aromatic carbocycles. The number of rotatable bonds is 6. The highest BCUT2D eigenvalue weighted by molar-refractivity contribution is 5.04. The first-order chi connectivity index (χ1) is 8.03. The number of aromatic nitrogens is 1. The fourth-order valence-corrected chi connectivity index (χ4v) is 1.31. The predicted molar refractivity (Wildman–Crippen MR) is 52.1 cm³/mol. The van der Waals surface area contributed by atoms with E-state index in [1.165, 1.54) is 12.8 Å². The predicted octanol–water partition coefficient (Wildman–Crippen LogP) is 2.01. The molecule has 1 fully saturated rings. The molecule has 2 rings (SSSR count). The monoisotopic (exact) mass is 250 g/mol. The number of nitrogens with one attached hydrogen (secondary N) is 1. The molecule has 0 atom stereocenters. The minimum atomic E-state index is -4.31. The van der Waals surface area contributed by atoms with E-state index in [-0.39, 0.29) is 6.61 Å². The fourth-order valence-electron chi connectivity index (χ4n) is 1.31. The molecule has 0 saturated heterocycles. The normalized spacial score (nSPS) is 16.4. The van der Waals surface area contributed by atoms with Crippen molar-refractivity contribution in [3.05, 3.63) is 17.5 Å². The van der Waals surface area contributed by atoms with Gasteiger partial charge in [0.15, 0.2) is 5.76 Å². The molecule has 1 aliphatic carbocycles. The summed E-state index contributed by atoms with van der Waals surface area (Å²) in [4.78, 5) is 0. The second-order valence-electron chi connectivity index (χ2n) is 4.05. The van der Waals surface area contributed by atoms with Gasteiger partial charge in [-0.15, -0.1) is 0 Å². The second-order valence-corrected chi connectivity index (χ2v) is 4.05. The lowest BCUT2D eigenvalue weighted by Gasteiger charge is -2.04. The number of ether oxygens (including phenoxy) is 1. The molecule has 1 heterocycles. The Bertz CT molecular complexity index is 361. The largest absolute Gasteiger partial charge is 0.411 e. The molecular formula is C10H13F3N2O2. The minimum absolute atomic E-state index is 0.212. The van der Waals surface area contributed by atoms with Gasteiger partial charge in [0.1, 0.15) is 13.2 Å². The van der Waals surface area contributed by atoms with Gasteiger partial charge in [-0.3, -0.25) is 0 Å². The average molecular weight is 250 g/mol. The Morgan fingerprint density at radius 2 is 2.24 bits per heavy atom. The molecular weight excluding hydrogens is 237 g/mol. The van der Waals surface area contributed by atoms with Crippen LogP contribution < -0.4 is 5.32 Å². The zero-order valence-electron chi connectivity index (χ0n) is 9.09. The highest BCUT2D eigenvalue weighted by Crippen LogP contribution is 2.19. The van der Waals surface area contributed by atoms with Crippen molar-refractivity contribution in [3.8, 4) is 0 Å². The molecule has 0 amide bonds. The molecule has 0 radical (unpaired) electrons. The summed E-state index contributed by atoms with van der Waals surface area (Å²) in [7, 11) is 0. The number of halogens is 3. The van der Waals surface area contributed by atoms with Gasteiger partial charge in [-0.1, -0.05) is 5.16 Å². The number of hydrogen-bond acceptors (Lipinski definition) is 4. The van der Waals surface area contributed by atoms with Crippen molar-refractivity contribution >= 4 is 0 Å². The Balaban J connectivity index is 1.69. The van der Waals surface area contributed by atoms with E-state index in [1.807, 2.05) is 0 Å². The van der Waals surface area contributed by atoms with Crippen LogP contribution in [-0.4, -0.2) is 24.0 Å². The van der Waals surface area contributed by atoms with Crippen molar-refractivity contribution < 1.29 is 22.4 Å². The van der Waals surface area contributed by atoms with Crippen molar-refractivity contribution in [2.45, 2.75) is 38.2 Å². The SMILES string of the molecule is FC(F)(F)COCc1cc(CNC2CC2)no1. The third-order valence-corrected chi connectivity index (χ3v) is 2.27. The Kier molecular flexibility index (Phi) is 3.68. The van der Waals surface area contributed by atoms with Crippen LogP contribution in [0, 0.1) is 0 Å². The van der Waals surface area contributed by atoms with E-state index in [4.69, 9.17) is 4.52 Å². The summed E-state index contributed by atoms with van der Waals surface area (Å²) in [6.07, 6.45) is -1.98. The van der Waals surface area contributed by atoms with Crippen molar-refractivity contribution in [1.82, 2.24) is 10.5 Å². The smallest absolute Gasteiger partial charge is 0.364 e. The van der Waals surface area contributed by atoms with Crippen molar-refractivity contribution in [3.63, 3.8) is 0 Å². The van der Waals surface area contributed by atoms with Crippen LogP contribution in [0.1, 0.15) is 24.3 Å². The lowest BCUT2D eigenvalue weighted by atomic mass is 10.3. The molecule has 1 N–H and O–H groups in total. The van der Waals surface area contributed by atoms with Gasteiger partial charge in [-0.05, 0) is 12.8 Å².